The summed E-state index contributed by atoms with van der Waals surface area (Å²) in [6.45, 7) is 7.09. The van der Waals surface area contributed by atoms with Crippen molar-refractivity contribution in [2.24, 2.45) is 11.1 Å². The van der Waals surface area contributed by atoms with Gasteiger partial charge in [-0.3, -0.25) is 0 Å². The Morgan fingerprint density at radius 2 is 2.00 bits per heavy atom. The van der Waals surface area contributed by atoms with Gasteiger partial charge in [0.05, 0.1) is 0 Å². The molecule has 78 valence electrons. The Balaban J connectivity index is 2.97. The summed E-state index contributed by atoms with van der Waals surface area (Å²) in [7, 11) is 0. The Kier molecular flexibility index (Phi) is 3.57. The minimum atomic E-state index is 0.121. The van der Waals surface area contributed by atoms with Gasteiger partial charge >= 0.3 is 0 Å². The van der Waals surface area contributed by atoms with Crippen LogP contribution in [0.15, 0.2) is 18.2 Å². The molecule has 0 fully saturated rings. The molecule has 1 nitrogen and oxygen atoms in total. The van der Waals surface area contributed by atoms with Gasteiger partial charge < -0.3 is 5.73 Å². The van der Waals surface area contributed by atoms with Crippen LogP contribution >= 0.6 is 11.6 Å². The van der Waals surface area contributed by atoms with E-state index in [1.54, 1.807) is 0 Å². The van der Waals surface area contributed by atoms with E-state index in [0.29, 0.717) is 6.54 Å². The average Bonchev–Trinajstić information content (AvgIpc) is 2.12. The summed E-state index contributed by atoms with van der Waals surface area (Å²) < 4.78 is 0. The molecule has 0 aromatic heterocycles. The number of hydrogen-bond acceptors (Lipinski definition) is 1. The normalized spacial score (nSPS) is 11.8. The number of aryl methyl sites for hydroxylation is 1. The maximum Gasteiger partial charge on any atom is 0.0440 e. The third-order valence-corrected chi connectivity index (χ3v) is 2.92. The Bertz CT molecular complexity index is 298. The van der Waals surface area contributed by atoms with Gasteiger partial charge in [-0.25, -0.2) is 0 Å². The molecule has 0 aliphatic heterocycles. The van der Waals surface area contributed by atoms with Gasteiger partial charge in [0.15, 0.2) is 0 Å². The van der Waals surface area contributed by atoms with Gasteiger partial charge in [-0.15, -0.1) is 0 Å². The van der Waals surface area contributed by atoms with E-state index in [-0.39, 0.29) is 5.41 Å². The smallest absolute Gasteiger partial charge is 0.0440 e. The van der Waals surface area contributed by atoms with Crippen LogP contribution in [0, 0.1) is 12.3 Å². The number of hydrogen-bond donors (Lipinski definition) is 1. The van der Waals surface area contributed by atoms with Crippen LogP contribution in [-0.2, 0) is 6.42 Å². The third kappa shape index (κ3) is 2.73. The van der Waals surface area contributed by atoms with Crippen molar-refractivity contribution in [3.63, 3.8) is 0 Å². The van der Waals surface area contributed by atoms with Crippen LogP contribution in [0.2, 0.25) is 5.02 Å². The lowest BCUT2D eigenvalue weighted by Gasteiger charge is -2.24. The first kappa shape index (κ1) is 11.5. The fraction of sp³-hybridized carbons (Fsp3) is 0.500. The highest BCUT2D eigenvalue weighted by Gasteiger charge is 2.18. The summed E-state index contributed by atoms with van der Waals surface area (Å²) in [4.78, 5) is 0. The molecule has 2 heteroatoms. The predicted octanol–water partition coefficient (Wildman–Crippen LogP) is 3.18. The van der Waals surface area contributed by atoms with Crippen molar-refractivity contribution in [3.8, 4) is 0 Å². The highest BCUT2D eigenvalue weighted by molar-refractivity contribution is 6.31. The molecule has 0 aliphatic carbocycles. The molecule has 2 N–H and O–H groups in total. The molecule has 1 rings (SSSR count). The van der Waals surface area contributed by atoms with Crippen molar-refractivity contribution >= 4 is 11.6 Å². The van der Waals surface area contributed by atoms with E-state index in [1.165, 1.54) is 11.1 Å². The molecular weight excluding hydrogens is 194 g/mol. The van der Waals surface area contributed by atoms with Crippen LogP contribution in [0.3, 0.4) is 0 Å². The standard InChI is InChI=1S/C12H18ClN/c1-9-5-4-6-11(13)10(9)7-12(2,3)8-14/h4-6H,7-8,14H2,1-3H3. The SMILES string of the molecule is Cc1cccc(Cl)c1CC(C)(C)CN. The molecular formula is C12H18ClN. The number of nitrogens with two attached hydrogens (primary N) is 1. The Morgan fingerprint density at radius 1 is 1.36 bits per heavy atom. The highest BCUT2D eigenvalue weighted by atomic mass is 35.5. The molecule has 0 saturated heterocycles. The lowest BCUT2D eigenvalue weighted by Crippen LogP contribution is -2.26. The zero-order valence-electron chi connectivity index (χ0n) is 9.10. The quantitative estimate of drug-likeness (QED) is 0.817. The van der Waals surface area contributed by atoms with E-state index in [2.05, 4.69) is 26.8 Å². The van der Waals surface area contributed by atoms with Gasteiger partial charge in [0, 0.05) is 5.02 Å². The third-order valence-electron chi connectivity index (χ3n) is 2.56. The molecule has 0 spiro atoms. The molecule has 0 amide bonds. The van der Waals surface area contributed by atoms with Crippen molar-refractivity contribution in [2.45, 2.75) is 27.2 Å². The number of rotatable bonds is 3. The fourth-order valence-corrected chi connectivity index (χ4v) is 1.73. The Morgan fingerprint density at radius 3 is 2.50 bits per heavy atom. The number of halogens is 1. The summed E-state index contributed by atoms with van der Waals surface area (Å²) in [5.41, 5.74) is 8.31. The molecule has 1 aromatic rings. The molecule has 0 radical (unpaired) electrons. The second-order valence-electron chi connectivity index (χ2n) is 4.58. The lowest BCUT2D eigenvalue weighted by atomic mass is 9.84. The maximum absolute atomic E-state index is 6.15. The number of benzene rings is 1. The molecule has 0 aliphatic rings. The van der Waals surface area contributed by atoms with Crippen molar-refractivity contribution in [1.82, 2.24) is 0 Å². The molecule has 0 unspecified atom stereocenters. The van der Waals surface area contributed by atoms with Gasteiger partial charge in [0.2, 0.25) is 0 Å². The summed E-state index contributed by atoms with van der Waals surface area (Å²) in [6, 6.07) is 6.01. The minimum Gasteiger partial charge on any atom is -0.330 e. The van der Waals surface area contributed by atoms with Gasteiger partial charge in [0.1, 0.15) is 0 Å². The first-order valence-corrected chi connectivity index (χ1v) is 5.28. The van der Waals surface area contributed by atoms with Gasteiger partial charge in [0.25, 0.3) is 0 Å². The van der Waals surface area contributed by atoms with Crippen molar-refractivity contribution in [3.05, 3.63) is 34.3 Å². The minimum absolute atomic E-state index is 0.121. The molecule has 1 aromatic carbocycles. The zero-order chi connectivity index (χ0) is 10.8. The van der Waals surface area contributed by atoms with Crippen LogP contribution in [-0.4, -0.2) is 6.54 Å². The fourth-order valence-electron chi connectivity index (χ4n) is 1.44. The molecule has 0 saturated carbocycles. The Hall–Kier alpha value is -0.530. The van der Waals surface area contributed by atoms with E-state index in [1.807, 2.05) is 12.1 Å². The lowest BCUT2D eigenvalue weighted by molar-refractivity contribution is 0.376. The first-order chi connectivity index (χ1) is 6.46. The summed E-state index contributed by atoms with van der Waals surface area (Å²) >= 11 is 6.15. The summed E-state index contributed by atoms with van der Waals surface area (Å²) in [5, 5.41) is 0.853. The van der Waals surface area contributed by atoms with Gasteiger partial charge in [-0.05, 0) is 42.5 Å². The monoisotopic (exact) mass is 211 g/mol. The van der Waals surface area contributed by atoms with Crippen LogP contribution in [0.5, 0.6) is 0 Å². The molecule has 0 bridgehead atoms. The van der Waals surface area contributed by atoms with Crippen LogP contribution < -0.4 is 5.73 Å². The van der Waals surface area contributed by atoms with E-state index in [4.69, 9.17) is 17.3 Å². The maximum atomic E-state index is 6.15. The van der Waals surface area contributed by atoms with Crippen molar-refractivity contribution in [2.75, 3.05) is 6.54 Å². The Labute approximate surface area is 91.3 Å². The van der Waals surface area contributed by atoms with Crippen molar-refractivity contribution in [1.29, 1.82) is 0 Å². The second-order valence-corrected chi connectivity index (χ2v) is 4.99. The average molecular weight is 212 g/mol. The van der Waals surface area contributed by atoms with Crippen LogP contribution in [0.1, 0.15) is 25.0 Å². The second kappa shape index (κ2) is 4.33. The molecule has 0 heterocycles. The van der Waals surface area contributed by atoms with Crippen LogP contribution in [0.4, 0.5) is 0 Å². The van der Waals surface area contributed by atoms with Gasteiger partial charge in [-0.1, -0.05) is 37.6 Å². The van der Waals surface area contributed by atoms with E-state index >= 15 is 0 Å². The first-order valence-electron chi connectivity index (χ1n) is 4.90. The van der Waals surface area contributed by atoms with Crippen molar-refractivity contribution < 1.29 is 0 Å². The highest BCUT2D eigenvalue weighted by Crippen LogP contribution is 2.27. The van der Waals surface area contributed by atoms with E-state index in [0.717, 1.165) is 11.4 Å². The van der Waals surface area contributed by atoms with Crippen LogP contribution in [0.25, 0.3) is 0 Å². The topological polar surface area (TPSA) is 26.0 Å². The van der Waals surface area contributed by atoms with Gasteiger partial charge in [-0.2, -0.15) is 0 Å². The molecule has 0 atom stereocenters. The largest absolute Gasteiger partial charge is 0.330 e. The summed E-state index contributed by atoms with van der Waals surface area (Å²) in [5.74, 6) is 0. The van der Waals surface area contributed by atoms with E-state index < -0.39 is 0 Å². The molecule has 14 heavy (non-hydrogen) atoms. The van der Waals surface area contributed by atoms with E-state index in [9.17, 15) is 0 Å². The summed E-state index contributed by atoms with van der Waals surface area (Å²) in [6.07, 6.45) is 0.939. The zero-order valence-corrected chi connectivity index (χ0v) is 9.86. The predicted molar refractivity (Wildman–Crippen MR) is 62.7 cm³/mol.